The first kappa shape index (κ1) is 14.7. The fraction of sp³-hybridized carbons (Fsp3) is 0.562. The summed E-state index contributed by atoms with van der Waals surface area (Å²) in [5, 5.41) is 8.65. The summed E-state index contributed by atoms with van der Waals surface area (Å²) in [6.07, 6.45) is 1.01. The minimum Gasteiger partial charge on any atom is -0.293 e. The van der Waals surface area contributed by atoms with Crippen LogP contribution in [0.5, 0.6) is 0 Å². The van der Waals surface area contributed by atoms with Gasteiger partial charge >= 0.3 is 0 Å². The standard InChI is InChI=1S/C16H24N2/c1-13-6-7-15(16(2,3)4)12-14(13)8-10-18(5)11-9-17/h6-7,12H,8,10-11H2,1-5H3. The van der Waals surface area contributed by atoms with Crippen LogP contribution in [0.25, 0.3) is 0 Å². The Kier molecular flexibility index (Phi) is 4.93. The number of nitriles is 1. The molecular formula is C16H24N2. The van der Waals surface area contributed by atoms with E-state index in [9.17, 15) is 0 Å². The summed E-state index contributed by atoms with van der Waals surface area (Å²) in [4.78, 5) is 2.06. The Morgan fingerprint density at radius 2 is 1.94 bits per heavy atom. The average Bonchev–Trinajstić information content (AvgIpc) is 2.26. The molecule has 0 amide bonds. The molecule has 0 saturated heterocycles. The lowest BCUT2D eigenvalue weighted by Gasteiger charge is -2.21. The molecule has 0 fully saturated rings. The molecule has 0 spiro atoms. The second kappa shape index (κ2) is 6.02. The van der Waals surface area contributed by atoms with E-state index in [2.05, 4.69) is 56.9 Å². The van der Waals surface area contributed by atoms with Gasteiger partial charge in [-0.1, -0.05) is 39.0 Å². The van der Waals surface area contributed by atoms with E-state index in [4.69, 9.17) is 5.26 Å². The topological polar surface area (TPSA) is 27.0 Å². The summed E-state index contributed by atoms with van der Waals surface area (Å²) in [7, 11) is 1.99. The summed E-state index contributed by atoms with van der Waals surface area (Å²) < 4.78 is 0. The Labute approximate surface area is 111 Å². The SMILES string of the molecule is Cc1ccc(C(C)(C)C)cc1CCN(C)CC#N. The van der Waals surface area contributed by atoms with Crippen LogP contribution < -0.4 is 0 Å². The molecular weight excluding hydrogens is 220 g/mol. The summed E-state index contributed by atoms with van der Waals surface area (Å²) in [5.41, 5.74) is 4.31. The first-order valence-electron chi connectivity index (χ1n) is 6.50. The van der Waals surface area contributed by atoms with E-state index in [1.54, 1.807) is 0 Å². The third-order valence-corrected chi connectivity index (χ3v) is 3.32. The Morgan fingerprint density at radius 3 is 2.50 bits per heavy atom. The van der Waals surface area contributed by atoms with Gasteiger partial charge in [-0.3, -0.25) is 4.90 Å². The Hall–Kier alpha value is -1.33. The molecule has 0 radical (unpaired) electrons. The molecule has 0 unspecified atom stereocenters. The van der Waals surface area contributed by atoms with Crippen LogP contribution in [0.15, 0.2) is 18.2 Å². The summed E-state index contributed by atoms with van der Waals surface area (Å²) in [5.74, 6) is 0. The van der Waals surface area contributed by atoms with E-state index in [0.717, 1.165) is 13.0 Å². The van der Waals surface area contributed by atoms with Crippen molar-refractivity contribution in [3.8, 4) is 6.07 Å². The van der Waals surface area contributed by atoms with Gasteiger partial charge in [0, 0.05) is 6.54 Å². The van der Waals surface area contributed by atoms with E-state index < -0.39 is 0 Å². The molecule has 0 bridgehead atoms. The summed E-state index contributed by atoms with van der Waals surface area (Å²) in [6.45, 7) is 10.3. The normalized spacial score (nSPS) is 11.6. The van der Waals surface area contributed by atoms with Crippen molar-refractivity contribution in [1.82, 2.24) is 4.90 Å². The number of likely N-dealkylation sites (N-methyl/N-ethyl adjacent to an activating group) is 1. The van der Waals surface area contributed by atoms with E-state index in [1.165, 1.54) is 16.7 Å². The molecule has 0 N–H and O–H groups in total. The number of hydrogen-bond donors (Lipinski definition) is 0. The fourth-order valence-electron chi connectivity index (χ4n) is 1.92. The monoisotopic (exact) mass is 244 g/mol. The number of benzene rings is 1. The zero-order chi connectivity index (χ0) is 13.8. The van der Waals surface area contributed by atoms with Gasteiger partial charge in [0.15, 0.2) is 0 Å². The third-order valence-electron chi connectivity index (χ3n) is 3.32. The van der Waals surface area contributed by atoms with Crippen LogP contribution in [0.2, 0.25) is 0 Å². The molecule has 1 rings (SSSR count). The van der Waals surface area contributed by atoms with E-state index >= 15 is 0 Å². The fourth-order valence-corrected chi connectivity index (χ4v) is 1.92. The number of rotatable bonds is 4. The first-order valence-corrected chi connectivity index (χ1v) is 6.50. The molecule has 0 aliphatic rings. The highest BCUT2D eigenvalue weighted by atomic mass is 15.1. The van der Waals surface area contributed by atoms with Crippen molar-refractivity contribution in [2.75, 3.05) is 20.1 Å². The lowest BCUT2D eigenvalue weighted by Crippen LogP contribution is -2.22. The van der Waals surface area contributed by atoms with Gasteiger partial charge in [0.25, 0.3) is 0 Å². The van der Waals surface area contributed by atoms with Crippen molar-refractivity contribution in [2.24, 2.45) is 0 Å². The van der Waals surface area contributed by atoms with Gasteiger partial charge in [0.05, 0.1) is 12.6 Å². The predicted molar refractivity (Wildman–Crippen MR) is 76.7 cm³/mol. The van der Waals surface area contributed by atoms with Crippen molar-refractivity contribution >= 4 is 0 Å². The Balaban J connectivity index is 2.80. The number of aryl methyl sites for hydroxylation is 1. The maximum Gasteiger partial charge on any atom is 0.0863 e. The van der Waals surface area contributed by atoms with Gasteiger partial charge < -0.3 is 0 Å². The maximum absolute atomic E-state index is 8.65. The van der Waals surface area contributed by atoms with Crippen LogP contribution >= 0.6 is 0 Å². The maximum atomic E-state index is 8.65. The van der Waals surface area contributed by atoms with E-state index in [1.807, 2.05) is 7.05 Å². The molecule has 0 aromatic heterocycles. The van der Waals surface area contributed by atoms with Crippen LogP contribution in [0, 0.1) is 18.3 Å². The average molecular weight is 244 g/mol. The minimum atomic E-state index is 0.195. The number of nitrogens with zero attached hydrogens (tertiary/aromatic N) is 2. The zero-order valence-electron chi connectivity index (χ0n) is 12.2. The predicted octanol–water partition coefficient (Wildman–Crippen LogP) is 3.29. The summed E-state index contributed by atoms with van der Waals surface area (Å²) >= 11 is 0. The lowest BCUT2D eigenvalue weighted by atomic mass is 9.85. The van der Waals surface area contributed by atoms with Crippen LogP contribution in [0.3, 0.4) is 0 Å². The van der Waals surface area contributed by atoms with Crippen molar-refractivity contribution in [3.05, 3.63) is 34.9 Å². The van der Waals surface area contributed by atoms with Gasteiger partial charge in [0.2, 0.25) is 0 Å². The van der Waals surface area contributed by atoms with Crippen molar-refractivity contribution in [3.63, 3.8) is 0 Å². The minimum absolute atomic E-state index is 0.195. The van der Waals surface area contributed by atoms with Crippen LogP contribution in [0.4, 0.5) is 0 Å². The molecule has 0 saturated carbocycles. The van der Waals surface area contributed by atoms with E-state index in [-0.39, 0.29) is 5.41 Å². The van der Waals surface area contributed by atoms with Crippen molar-refractivity contribution < 1.29 is 0 Å². The smallest absolute Gasteiger partial charge is 0.0863 e. The lowest BCUT2D eigenvalue weighted by molar-refractivity contribution is 0.379. The van der Waals surface area contributed by atoms with Gasteiger partial charge in [-0.05, 0) is 42.5 Å². The van der Waals surface area contributed by atoms with Gasteiger partial charge in [-0.2, -0.15) is 5.26 Å². The first-order chi connectivity index (χ1) is 8.34. The van der Waals surface area contributed by atoms with E-state index in [0.29, 0.717) is 6.54 Å². The van der Waals surface area contributed by atoms with Crippen LogP contribution in [0.1, 0.15) is 37.5 Å². The molecule has 1 aromatic rings. The third kappa shape index (κ3) is 4.16. The molecule has 2 nitrogen and oxygen atoms in total. The van der Waals surface area contributed by atoms with Crippen molar-refractivity contribution in [1.29, 1.82) is 5.26 Å². The molecule has 0 heterocycles. The van der Waals surface area contributed by atoms with Crippen LogP contribution in [-0.4, -0.2) is 25.0 Å². The second-order valence-electron chi connectivity index (χ2n) is 6.04. The van der Waals surface area contributed by atoms with Gasteiger partial charge in [-0.25, -0.2) is 0 Å². The summed E-state index contributed by atoms with van der Waals surface area (Å²) in [6, 6.07) is 8.92. The molecule has 0 aliphatic heterocycles. The molecule has 1 aromatic carbocycles. The quantitative estimate of drug-likeness (QED) is 0.760. The number of hydrogen-bond acceptors (Lipinski definition) is 2. The van der Waals surface area contributed by atoms with Gasteiger partial charge in [0.1, 0.15) is 0 Å². The molecule has 18 heavy (non-hydrogen) atoms. The molecule has 2 heteroatoms. The molecule has 0 atom stereocenters. The Morgan fingerprint density at radius 1 is 1.28 bits per heavy atom. The molecule has 98 valence electrons. The molecule has 0 aliphatic carbocycles. The highest BCUT2D eigenvalue weighted by Gasteiger charge is 2.14. The van der Waals surface area contributed by atoms with Gasteiger partial charge in [-0.15, -0.1) is 0 Å². The highest BCUT2D eigenvalue weighted by molar-refractivity contribution is 5.34. The Bertz CT molecular complexity index is 435. The highest BCUT2D eigenvalue weighted by Crippen LogP contribution is 2.24. The van der Waals surface area contributed by atoms with Crippen LogP contribution in [-0.2, 0) is 11.8 Å². The zero-order valence-corrected chi connectivity index (χ0v) is 12.2. The second-order valence-corrected chi connectivity index (χ2v) is 6.04. The largest absolute Gasteiger partial charge is 0.293 e. The van der Waals surface area contributed by atoms with Crippen molar-refractivity contribution in [2.45, 2.75) is 39.5 Å².